The third-order valence-electron chi connectivity index (χ3n) is 4.07. The molecule has 0 spiro atoms. The van der Waals surface area contributed by atoms with Gasteiger partial charge >= 0.3 is 6.03 Å². The molecule has 3 rings (SSSR count). The third-order valence-corrected chi connectivity index (χ3v) is 4.07. The number of urea groups is 1. The minimum absolute atomic E-state index is 0.0878. The van der Waals surface area contributed by atoms with Gasteiger partial charge in [0.2, 0.25) is 0 Å². The van der Waals surface area contributed by atoms with Crippen LogP contribution in [0.3, 0.4) is 0 Å². The number of amides is 2. The third kappa shape index (κ3) is 3.96. The normalized spacial score (nSPS) is 14.0. The van der Waals surface area contributed by atoms with Crippen LogP contribution < -0.4 is 24.4 Å². The van der Waals surface area contributed by atoms with Gasteiger partial charge in [-0.3, -0.25) is 4.90 Å². The first-order valence-electron chi connectivity index (χ1n) is 8.20. The summed E-state index contributed by atoms with van der Waals surface area (Å²) >= 11 is 0. The second-order valence-corrected chi connectivity index (χ2v) is 5.71. The van der Waals surface area contributed by atoms with Crippen molar-refractivity contribution in [1.82, 2.24) is 5.32 Å². The number of nitrogens with one attached hydrogen (secondary N) is 1. The fraction of sp³-hybridized carbons (Fsp3) is 0.316. The molecule has 25 heavy (non-hydrogen) atoms. The molecule has 132 valence electrons. The van der Waals surface area contributed by atoms with E-state index in [0.717, 1.165) is 23.4 Å². The van der Waals surface area contributed by atoms with Crippen LogP contribution in [0.1, 0.15) is 12.0 Å². The van der Waals surface area contributed by atoms with Gasteiger partial charge in [-0.05, 0) is 36.2 Å². The number of hydrogen-bond acceptors (Lipinski definition) is 4. The highest BCUT2D eigenvalue weighted by molar-refractivity contribution is 5.93. The van der Waals surface area contributed by atoms with Gasteiger partial charge in [-0.1, -0.05) is 12.1 Å². The highest BCUT2D eigenvalue weighted by Gasteiger charge is 2.20. The van der Waals surface area contributed by atoms with Crippen LogP contribution in [-0.2, 0) is 6.61 Å². The molecule has 2 aromatic rings. The Bertz CT molecular complexity index is 748. The molecule has 0 unspecified atom stereocenters. The summed E-state index contributed by atoms with van der Waals surface area (Å²) in [7, 11) is 3.23. The van der Waals surface area contributed by atoms with Gasteiger partial charge in [0.05, 0.1) is 14.2 Å². The average molecular weight is 342 g/mol. The molecule has 2 amide bonds. The molecule has 1 aliphatic heterocycles. The zero-order valence-corrected chi connectivity index (χ0v) is 14.5. The number of carbonyl (C=O) groups is 1. The van der Waals surface area contributed by atoms with Crippen molar-refractivity contribution < 1.29 is 19.0 Å². The predicted octanol–water partition coefficient (Wildman–Crippen LogP) is 3.20. The number of anilines is 1. The SMILES string of the molecule is COc1cccc(COc2cc(N3CCCNC3=O)ccc2OC)c1. The van der Waals surface area contributed by atoms with E-state index in [2.05, 4.69) is 5.32 Å². The molecule has 0 aliphatic carbocycles. The number of nitrogens with zero attached hydrogens (tertiary/aromatic N) is 1. The van der Waals surface area contributed by atoms with E-state index in [4.69, 9.17) is 14.2 Å². The Kier molecular flexibility index (Phi) is 5.28. The Morgan fingerprint density at radius 2 is 1.96 bits per heavy atom. The van der Waals surface area contributed by atoms with E-state index in [0.29, 0.717) is 31.2 Å². The Balaban J connectivity index is 1.79. The van der Waals surface area contributed by atoms with Crippen LogP contribution in [0, 0.1) is 0 Å². The molecule has 0 atom stereocenters. The predicted molar refractivity (Wildman–Crippen MR) is 95.7 cm³/mol. The fourth-order valence-corrected chi connectivity index (χ4v) is 2.75. The van der Waals surface area contributed by atoms with Crippen LogP contribution in [-0.4, -0.2) is 33.3 Å². The lowest BCUT2D eigenvalue weighted by molar-refractivity contribution is 0.242. The lowest BCUT2D eigenvalue weighted by atomic mass is 10.2. The van der Waals surface area contributed by atoms with E-state index in [1.54, 1.807) is 19.1 Å². The van der Waals surface area contributed by atoms with Crippen LogP contribution >= 0.6 is 0 Å². The molecule has 1 aliphatic rings. The Morgan fingerprint density at radius 1 is 1.08 bits per heavy atom. The minimum Gasteiger partial charge on any atom is -0.497 e. The molecule has 0 aromatic heterocycles. The van der Waals surface area contributed by atoms with E-state index in [9.17, 15) is 4.79 Å². The minimum atomic E-state index is -0.0878. The maximum Gasteiger partial charge on any atom is 0.321 e. The molecule has 1 heterocycles. The number of rotatable bonds is 6. The van der Waals surface area contributed by atoms with Gasteiger partial charge in [0.15, 0.2) is 11.5 Å². The van der Waals surface area contributed by atoms with E-state index < -0.39 is 0 Å². The lowest BCUT2D eigenvalue weighted by Crippen LogP contribution is -2.46. The Labute approximate surface area is 147 Å². The van der Waals surface area contributed by atoms with Crippen LogP contribution in [0.5, 0.6) is 17.2 Å². The summed E-state index contributed by atoms with van der Waals surface area (Å²) in [5.74, 6) is 2.01. The standard InChI is InChI=1S/C19H22N2O4/c1-23-16-6-3-5-14(11-16)13-25-18-12-15(7-8-17(18)24-2)21-10-4-9-20-19(21)22/h3,5-8,11-12H,4,9-10,13H2,1-2H3,(H,20,22). The summed E-state index contributed by atoms with van der Waals surface area (Å²) in [5, 5.41) is 2.85. The van der Waals surface area contributed by atoms with Gasteiger partial charge in [0.25, 0.3) is 0 Å². The molecule has 6 heteroatoms. The van der Waals surface area contributed by atoms with Crippen molar-refractivity contribution in [2.45, 2.75) is 13.0 Å². The molecule has 1 saturated heterocycles. The van der Waals surface area contributed by atoms with E-state index >= 15 is 0 Å². The van der Waals surface area contributed by atoms with Crippen molar-refractivity contribution in [1.29, 1.82) is 0 Å². The van der Waals surface area contributed by atoms with Gasteiger partial charge in [0.1, 0.15) is 12.4 Å². The van der Waals surface area contributed by atoms with Crippen LogP contribution in [0.25, 0.3) is 0 Å². The summed E-state index contributed by atoms with van der Waals surface area (Å²) in [6.07, 6.45) is 0.914. The molecule has 6 nitrogen and oxygen atoms in total. The van der Waals surface area contributed by atoms with Crippen LogP contribution in [0.4, 0.5) is 10.5 Å². The molecular formula is C19H22N2O4. The molecule has 1 N–H and O–H groups in total. The topological polar surface area (TPSA) is 60.0 Å². The van der Waals surface area contributed by atoms with E-state index in [1.165, 1.54) is 0 Å². The molecule has 0 saturated carbocycles. The summed E-state index contributed by atoms with van der Waals surface area (Å²) in [5.41, 5.74) is 1.78. The van der Waals surface area contributed by atoms with Gasteiger partial charge in [0, 0.05) is 24.8 Å². The largest absolute Gasteiger partial charge is 0.497 e. The smallest absolute Gasteiger partial charge is 0.321 e. The zero-order valence-electron chi connectivity index (χ0n) is 14.5. The number of ether oxygens (including phenoxy) is 3. The highest BCUT2D eigenvalue weighted by Crippen LogP contribution is 2.33. The van der Waals surface area contributed by atoms with Crippen molar-refractivity contribution >= 4 is 11.7 Å². The zero-order chi connectivity index (χ0) is 17.6. The molecule has 0 bridgehead atoms. The second-order valence-electron chi connectivity index (χ2n) is 5.71. The summed E-state index contributed by atoms with van der Waals surface area (Å²) in [6, 6.07) is 13.1. The number of benzene rings is 2. The Morgan fingerprint density at radius 3 is 2.72 bits per heavy atom. The second kappa shape index (κ2) is 7.79. The first-order chi connectivity index (χ1) is 12.2. The molecular weight excluding hydrogens is 320 g/mol. The summed E-state index contributed by atoms with van der Waals surface area (Å²) in [6.45, 7) is 1.78. The van der Waals surface area contributed by atoms with Crippen LogP contribution in [0.15, 0.2) is 42.5 Å². The van der Waals surface area contributed by atoms with Gasteiger partial charge in [-0.15, -0.1) is 0 Å². The maximum absolute atomic E-state index is 12.0. The quantitative estimate of drug-likeness (QED) is 0.876. The Hall–Kier alpha value is -2.89. The lowest BCUT2D eigenvalue weighted by Gasteiger charge is -2.28. The van der Waals surface area contributed by atoms with Crippen molar-refractivity contribution in [2.75, 3.05) is 32.2 Å². The average Bonchev–Trinajstić information content (AvgIpc) is 2.66. The van der Waals surface area contributed by atoms with Crippen molar-refractivity contribution in [2.24, 2.45) is 0 Å². The van der Waals surface area contributed by atoms with Gasteiger partial charge in [-0.2, -0.15) is 0 Å². The number of methoxy groups -OCH3 is 2. The van der Waals surface area contributed by atoms with Crippen LogP contribution in [0.2, 0.25) is 0 Å². The number of hydrogen-bond donors (Lipinski definition) is 1. The van der Waals surface area contributed by atoms with Gasteiger partial charge in [-0.25, -0.2) is 4.79 Å². The molecule has 0 radical (unpaired) electrons. The fourth-order valence-electron chi connectivity index (χ4n) is 2.75. The first-order valence-corrected chi connectivity index (χ1v) is 8.20. The molecule has 1 fully saturated rings. The van der Waals surface area contributed by atoms with Crippen molar-refractivity contribution in [3.8, 4) is 17.2 Å². The monoisotopic (exact) mass is 342 g/mol. The molecule has 2 aromatic carbocycles. The van der Waals surface area contributed by atoms with Crippen molar-refractivity contribution in [3.63, 3.8) is 0 Å². The van der Waals surface area contributed by atoms with E-state index in [1.807, 2.05) is 42.5 Å². The maximum atomic E-state index is 12.0. The highest BCUT2D eigenvalue weighted by atomic mass is 16.5. The van der Waals surface area contributed by atoms with Crippen molar-refractivity contribution in [3.05, 3.63) is 48.0 Å². The van der Waals surface area contributed by atoms with E-state index in [-0.39, 0.29) is 6.03 Å². The summed E-state index contributed by atoms with van der Waals surface area (Å²) in [4.78, 5) is 13.7. The summed E-state index contributed by atoms with van der Waals surface area (Å²) < 4.78 is 16.6. The van der Waals surface area contributed by atoms with Gasteiger partial charge < -0.3 is 19.5 Å². The number of carbonyl (C=O) groups excluding carboxylic acids is 1. The first kappa shape index (κ1) is 17.0.